The van der Waals surface area contributed by atoms with Crippen LogP contribution < -0.4 is 10.1 Å². The summed E-state index contributed by atoms with van der Waals surface area (Å²) in [5.74, 6) is 0.792. The molecule has 1 fully saturated rings. The number of methoxy groups -OCH3 is 1. The van der Waals surface area contributed by atoms with E-state index in [-0.39, 0.29) is 5.91 Å². The largest absolute Gasteiger partial charge is 0.497 e. The first-order chi connectivity index (χ1) is 12.1. The quantitative estimate of drug-likeness (QED) is 0.813. The van der Waals surface area contributed by atoms with Crippen molar-refractivity contribution in [3.8, 4) is 5.75 Å². The average molecular weight is 345 g/mol. The van der Waals surface area contributed by atoms with Gasteiger partial charge in [-0.15, -0.1) is 0 Å². The fourth-order valence-corrected chi connectivity index (χ4v) is 3.37. The van der Waals surface area contributed by atoms with E-state index in [4.69, 9.17) is 9.47 Å². The van der Waals surface area contributed by atoms with Gasteiger partial charge in [0.05, 0.1) is 31.4 Å². The molecule has 1 aromatic carbocycles. The zero-order chi connectivity index (χ0) is 17.8. The molecule has 25 heavy (non-hydrogen) atoms. The number of carbonyl (C=O) groups is 1. The van der Waals surface area contributed by atoms with Gasteiger partial charge in [0.25, 0.3) is 5.91 Å². The Labute approximate surface area is 148 Å². The van der Waals surface area contributed by atoms with Crippen molar-refractivity contribution < 1.29 is 14.3 Å². The molecule has 0 unspecified atom stereocenters. The third-order valence-corrected chi connectivity index (χ3v) is 4.97. The van der Waals surface area contributed by atoms with Crippen LogP contribution >= 0.6 is 0 Å². The van der Waals surface area contributed by atoms with Crippen LogP contribution in [0, 0.1) is 6.92 Å². The van der Waals surface area contributed by atoms with E-state index < -0.39 is 0 Å². The molecule has 1 aliphatic rings. The minimum atomic E-state index is -0.00440. The van der Waals surface area contributed by atoms with Crippen molar-refractivity contribution in [1.29, 1.82) is 0 Å². The summed E-state index contributed by atoms with van der Waals surface area (Å²) in [5.41, 5.74) is 2.73. The third-order valence-electron chi connectivity index (χ3n) is 4.97. The molecule has 3 rings (SSSR count). The molecule has 0 radical (unpaired) electrons. The first-order valence-corrected chi connectivity index (χ1v) is 8.83. The van der Waals surface area contributed by atoms with Gasteiger partial charge in [0, 0.05) is 43.8 Å². The average Bonchev–Trinajstić information content (AvgIpc) is 2.90. The number of rotatable bonds is 6. The Bertz CT molecular complexity index is 748. The standard InChI is InChI=1S/C19H27N3O3/c1-14-18(16-6-5-15(24-3)13-17(16)21(14)2)19(23)20-7-4-8-22-9-11-25-12-10-22/h5-6,13H,4,7-12H2,1-3H3,(H,20,23). The van der Waals surface area contributed by atoms with E-state index in [0.29, 0.717) is 6.54 Å². The van der Waals surface area contributed by atoms with Gasteiger partial charge in [0.1, 0.15) is 5.75 Å². The molecule has 0 saturated carbocycles. The summed E-state index contributed by atoms with van der Waals surface area (Å²) in [4.78, 5) is 15.1. The Morgan fingerprint density at radius 2 is 2.08 bits per heavy atom. The third kappa shape index (κ3) is 3.80. The van der Waals surface area contributed by atoms with Crippen molar-refractivity contribution >= 4 is 16.8 Å². The molecule has 6 heteroatoms. The van der Waals surface area contributed by atoms with Crippen molar-refractivity contribution in [2.45, 2.75) is 13.3 Å². The maximum atomic E-state index is 12.7. The molecule has 1 aliphatic heterocycles. The second-order valence-corrected chi connectivity index (χ2v) is 6.47. The zero-order valence-corrected chi connectivity index (χ0v) is 15.3. The monoisotopic (exact) mass is 345 g/mol. The van der Waals surface area contributed by atoms with Gasteiger partial charge in [-0.25, -0.2) is 0 Å². The predicted octanol–water partition coefficient (Wildman–Crippen LogP) is 1.95. The Hall–Kier alpha value is -2.05. The number of hydrogen-bond acceptors (Lipinski definition) is 4. The minimum Gasteiger partial charge on any atom is -0.497 e. The molecule has 2 heterocycles. The SMILES string of the molecule is COc1ccc2c(C(=O)NCCCN3CCOCC3)c(C)n(C)c2c1. The van der Waals surface area contributed by atoms with E-state index in [2.05, 4.69) is 10.2 Å². The fourth-order valence-electron chi connectivity index (χ4n) is 3.37. The van der Waals surface area contributed by atoms with Crippen LogP contribution in [0.5, 0.6) is 5.75 Å². The lowest BCUT2D eigenvalue weighted by Crippen LogP contribution is -2.38. The molecule has 0 atom stereocenters. The highest BCUT2D eigenvalue weighted by molar-refractivity contribution is 6.08. The van der Waals surface area contributed by atoms with Crippen LogP contribution in [0.1, 0.15) is 22.5 Å². The summed E-state index contributed by atoms with van der Waals surface area (Å²) in [7, 11) is 3.63. The van der Waals surface area contributed by atoms with Gasteiger partial charge in [-0.1, -0.05) is 0 Å². The predicted molar refractivity (Wildman–Crippen MR) is 98.4 cm³/mol. The van der Waals surface area contributed by atoms with Gasteiger partial charge in [0.2, 0.25) is 0 Å². The van der Waals surface area contributed by atoms with E-state index in [9.17, 15) is 4.79 Å². The number of hydrogen-bond donors (Lipinski definition) is 1. The van der Waals surface area contributed by atoms with Gasteiger partial charge < -0.3 is 19.4 Å². The number of aryl methyl sites for hydroxylation is 1. The maximum absolute atomic E-state index is 12.7. The second kappa shape index (κ2) is 7.89. The highest BCUT2D eigenvalue weighted by atomic mass is 16.5. The van der Waals surface area contributed by atoms with E-state index in [1.165, 1.54) is 0 Å². The van der Waals surface area contributed by atoms with Crippen molar-refractivity contribution in [2.24, 2.45) is 7.05 Å². The highest BCUT2D eigenvalue weighted by Gasteiger charge is 2.19. The number of amides is 1. The number of nitrogens with zero attached hydrogens (tertiary/aromatic N) is 2. The molecular formula is C19H27N3O3. The molecule has 1 saturated heterocycles. The van der Waals surface area contributed by atoms with Crippen LogP contribution in [0.3, 0.4) is 0 Å². The number of nitrogens with one attached hydrogen (secondary N) is 1. The lowest BCUT2D eigenvalue weighted by molar-refractivity contribution is 0.0374. The second-order valence-electron chi connectivity index (χ2n) is 6.47. The molecule has 2 aromatic rings. The number of fused-ring (bicyclic) bond motifs is 1. The van der Waals surface area contributed by atoms with E-state index >= 15 is 0 Å². The van der Waals surface area contributed by atoms with Crippen LogP contribution in [-0.2, 0) is 11.8 Å². The first-order valence-electron chi connectivity index (χ1n) is 8.83. The van der Waals surface area contributed by atoms with Crippen LogP contribution in [-0.4, -0.2) is 61.9 Å². The lowest BCUT2D eigenvalue weighted by Gasteiger charge is -2.26. The lowest BCUT2D eigenvalue weighted by atomic mass is 10.1. The number of morpholine rings is 1. The molecule has 136 valence electrons. The van der Waals surface area contributed by atoms with Crippen LogP contribution in [0.2, 0.25) is 0 Å². The normalized spacial score (nSPS) is 15.5. The van der Waals surface area contributed by atoms with Crippen molar-refractivity contribution in [3.63, 3.8) is 0 Å². The summed E-state index contributed by atoms with van der Waals surface area (Å²) in [6.07, 6.45) is 0.948. The summed E-state index contributed by atoms with van der Waals surface area (Å²) < 4.78 is 12.7. The van der Waals surface area contributed by atoms with E-state index in [1.807, 2.05) is 36.7 Å². The fraction of sp³-hybridized carbons (Fsp3) is 0.526. The summed E-state index contributed by atoms with van der Waals surface area (Å²) in [5, 5.41) is 4.04. The molecule has 1 amide bonds. The summed E-state index contributed by atoms with van der Waals surface area (Å²) in [6.45, 7) is 7.25. The molecule has 0 aliphatic carbocycles. The smallest absolute Gasteiger partial charge is 0.253 e. The number of aromatic nitrogens is 1. The Morgan fingerprint density at radius 3 is 2.80 bits per heavy atom. The summed E-state index contributed by atoms with van der Waals surface area (Å²) in [6, 6.07) is 5.83. The Kier molecular flexibility index (Phi) is 5.60. The van der Waals surface area contributed by atoms with Gasteiger partial charge >= 0.3 is 0 Å². The van der Waals surface area contributed by atoms with Gasteiger partial charge in [0.15, 0.2) is 0 Å². The Balaban J connectivity index is 1.64. The van der Waals surface area contributed by atoms with Gasteiger partial charge in [-0.3, -0.25) is 9.69 Å². The van der Waals surface area contributed by atoms with Gasteiger partial charge in [-0.05, 0) is 32.0 Å². The highest BCUT2D eigenvalue weighted by Crippen LogP contribution is 2.28. The van der Waals surface area contributed by atoms with Crippen molar-refractivity contribution in [3.05, 3.63) is 29.5 Å². The Morgan fingerprint density at radius 1 is 1.32 bits per heavy atom. The molecule has 0 bridgehead atoms. The first kappa shape index (κ1) is 17.8. The number of benzene rings is 1. The zero-order valence-electron chi connectivity index (χ0n) is 15.3. The van der Waals surface area contributed by atoms with Crippen LogP contribution in [0.4, 0.5) is 0 Å². The van der Waals surface area contributed by atoms with Crippen LogP contribution in [0.25, 0.3) is 10.9 Å². The van der Waals surface area contributed by atoms with Gasteiger partial charge in [-0.2, -0.15) is 0 Å². The maximum Gasteiger partial charge on any atom is 0.253 e. The van der Waals surface area contributed by atoms with E-state index in [1.54, 1.807) is 7.11 Å². The molecule has 1 aromatic heterocycles. The molecular weight excluding hydrogens is 318 g/mol. The number of carbonyl (C=O) groups excluding carboxylic acids is 1. The van der Waals surface area contributed by atoms with E-state index in [0.717, 1.165) is 67.2 Å². The molecule has 1 N–H and O–H groups in total. The van der Waals surface area contributed by atoms with Crippen LogP contribution in [0.15, 0.2) is 18.2 Å². The molecule has 0 spiro atoms. The minimum absolute atomic E-state index is 0.00440. The topological polar surface area (TPSA) is 55.7 Å². The number of ether oxygens (including phenoxy) is 2. The van der Waals surface area contributed by atoms with Crippen molar-refractivity contribution in [2.75, 3.05) is 46.5 Å². The summed E-state index contributed by atoms with van der Waals surface area (Å²) >= 11 is 0. The van der Waals surface area contributed by atoms with Crippen molar-refractivity contribution in [1.82, 2.24) is 14.8 Å². The molecule has 6 nitrogen and oxygen atoms in total.